The van der Waals surface area contributed by atoms with Gasteiger partial charge in [-0.2, -0.15) is 13.2 Å². The molecule has 1 amide bonds. The van der Waals surface area contributed by atoms with Crippen molar-refractivity contribution in [2.24, 2.45) is 0 Å². The van der Waals surface area contributed by atoms with Gasteiger partial charge in [-0.05, 0) is 50.0 Å². The second-order valence-electron chi connectivity index (χ2n) is 7.21. The lowest BCUT2D eigenvalue weighted by molar-refractivity contribution is -0.138. The molecule has 4 N–H and O–H groups in total. The van der Waals surface area contributed by atoms with E-state index in [1.807, 2.05) is 20.1 Å². The predicted molar refractivity (Wildman–Crippen MR) is 133 cm³/mol. The van der Waals surface area contributed by atoms with Crippen LogP contribution in [0.25, 0.3) is 5.57 Å². The quantitative estimate of drug-likeness (QED) is 0.227. The molecular weight excluding hydrogens is 486 g/mol. The average Bonchev–Trinajstić information content (AvgIpc) is 3.31. The minimum Gasteiger partial charge on any atom is -0.465 e. The molecule has 1 aliphatic carbocycles. The Balaban J connectivity index is 0.000000401. The normalized spacial score (nSPS) is 13.3. The number of halogens is 4. The van der Waals surface area contributed by atoms with E-state index in [0.717, 1.165) is 31.0 Å². The summed E-state index contributed by atoms with van der Waals surface area (Å²) in [5, 5.41) is 12.6. The van der Waals surface area contributed by atoms with Gasteiger partial charge in [0.25, 0.3) is 0 Å². The summed E-state index contributed by atoms with van der Waals surface area (Å²) in [6.45, 7) is 5.15. The molecule has 7 nitrogen and oxygen atoms in total. The molecule has 1 aromatic heterocycles. The van der Waals surface area contributed by atoms with Gasteiger partial charge in [0.2, 0.25) is 5.95 Å². The first kappa shape index (κ1) is 30.0. The smallest absolute Gasteiger partial charge is 0.404 e. The van der Waals surface area contributed by atoms with Crippen LogP contribution < -0.4 is 15.4 Å². The Hall–Kier alpha value is -3.02. The van der Waals surface area contributed by atoms with E-state index in [-0.39, 0.29) is 5.82 Å². The van der Waals surface area contributed by atoms with Crippen LogP contribution in [-0.2, 0) is 0 Å². The number of anilines is 3. The van der Waals surface area contributed by atoms with Gasteiger partial charge in [-0.1, -0.05) is 31.9 Å². The summed E-state index contributed by atoms with van der Waals surface area (Å²) >= 11 is 1.42. The molecule has 1 atom stereocenters. The van der Waals surface area contributed by atoms with Crippen LogP contribution in [0, 0.1) is 5.82 Å². The second-order valence-corrected chi connectivity index (χ2v) is 7.82. The largest absolute Gasteiger partial charge is 0.465 e. The third kappa shape index (κ3) is 11.8. The number of carboxylic acid groups (broad SMARTS) is 1. The molecule has 194 valence electrons. The van der Waals surface area contributed by atoms with Gasteiger partial charge in [-0.3, -0.25) is 0 Å². The van der Waals surface area contributed by atoms with Crippen molar-refractivity contribution in [3.8, 4) is 0 Å². The van der Waals surface area contributed by atoms with Gasteiger partial charge >= 0.3 is 12.3 Å². The van der Waals surface area contributed by atoms with Gasteiger partial charge in [-0.15, -0.1) is 0 Å². The maximum atomic E-state index is 14.0. The highest BCUT2D eigenvalue weighted by Gasteiger charge is 2.30. The van der Waals surface area contributed by atoms with E-state index in [1.54, 1.807) is 29.8 Å². The number of carbonyl (C=O) groups is 1. The molecule has 1 heterocycles. The van der Waals surface area contributed by atoms with E-state index in [2.05, 4.69) is 26.1 Å². The molecule has 0 spiro atoms. The average molecular weight is 518 g/mol. The summed E-state index contributed by atoms with van der Waals surface area (Å²) < 4.78 is 51.6. The van der Waals surface area contributed by atoms with Crippen LogP contribution in [0.2, 0.25) is 0 Å². The molecule has 12 heteroatoms. The lowest BCUT2D eigenvalue weighted by Gasteiger charge is -2.12. The number of allylic oxidation sites excluding steroid dienone is 2. The Morgan fingerprint density at radius 2 is 1.89 bits per heavy atom. The SMILES string of the molecule is CC.CC(CC(F)(F)F)NC(=O)O.CSNc1ccc(Nc2ncc(C3=CCCC3)cn2)c(F)c1. The molecule has 0 bridgehead atoms. The number of hydrogen-bond acceptors (Lipinski definition) is 6. The van der Waals surface area contributed by atoms with Crippen molar-refractivity contribution in [3.05, 3.63) is 48.0 Å². The third-order valence-corrected chi connectivity index (χ3v) is 4.85. The Bertz CT molecular complexity index is 956. The summed E-state index contributed by atoms with van der Waals surface area (Å²) in [4.78, 5) is 18.4. The highest BCUT2D eigenvalue weighted by molar-refractivity contribution is 7.99. The number of aromatic nitrogens is 2. The molecule has 1 aliphatic rings. The van der Waals surface area contributed by atoms with Crippen molar-refractivity contribution < 1.29 is 27.5 Å². The number of amides is 1. The summed E-state index contributed by atoms with van der Waals surface area (Å²) in [5.41, 5.74) is 3.42. The summed E-state index contributed by atoms with van der Waals surface area (Å²) in [5.74, 6) is 0.0528. The first-order valence-electron chi connectivity index (χ1n) is 11.0. The standard InChI is InChI=1S/C16H17FN4S.C5H8F3NO2.C2H6/c1-22-21-13-6-7-15(14(17)8-13)20-16-18-9-12(10-19-16)11-4-2-3-5-11;1-3(9-4(10)11)2-5(6,7)8;1-2/h4,6-10,21H,2-3,5H2,1H3,(H,18,19,20);3,9H,2H2,1H3,(H,10,11);1-2H3. The van der Waals surface area contributed by atoms with Gasteiger partial charge in [-0.25, -0.2) is 19.2 Å². The highest BCUT2D eigenvalue weighted by atomic mass is 32.2. The first-order valence-corrected chi connectivity index (χ1v) is 12.2. The zero-order valence-electron chi connectivity index (χ0n) is 20.0. The minimum atomic E-state index is -4.32. The molecule has 3 rings (SSSR count). The number of hydrogen-bond donors (Lipinski definition) is 4. The van der Waals surface area contributed by atoms with Gasteiger partial charge in [0, 0.05) is 35.9 Å². The second kappa shape index (κ2) is 15.1. The third-order valence-electron chi connectivity index (χ3n) is 4.41. The van der Waals surface area contributed by atoms with Crippen LogP contribution in [0.5, 0.6) is 0 Å². The minimum absolute atomic E-state index is 0.342. The Morgan fingerprint density at radius 1 is 1.23 bits per heavy atom. The molecule has 0 fully saturated rings. The van der Waals surface area contributed by atoms with Crippen LogP contribution in [-0.4, -0.2) is 39.6 Å². The van der Waals surface area contributed by atoms with Crippen LogP contribution in [0.3, 0.4) is 0 Å². The molecule has 35 heavy (non-hydrogen) atoms. The Morgan fingerprint density at radius 3 is 2.37 bits per heavy atom. The fourth-order valence-corrected chi connectivity index (χ4v) is 3.38. The number of nitrogens with zero attached hydrogens (tertiary/aromatic N) is 2. The zero-order valence-corrected chi connectivity index (χ0v) is 20.9. The van der Waals surface area contributed by atoms with E-state index < -0.39 is 24.7 Å². The Labute approximate surface area is 207 Å². The van der Waals surface area contributed by atoms with E-state index in [9.17, 15) is 22.4 Å². The zero-order chi connectivity index (χ0) is 26.4. The molecule has 2 aromatic rings. The van der Waals surface area contributed by atoms with Crippen LogP contribution in [0.15, 0.2) is 36.7 Å². The maximum Gasteiger partial charge on any atom is 0.404 e. The van der Waals surface area contributed by atoms with Crippen molar-refractivity contribution in [3.63, 3.8) is 0 Å². The molecule has 0 radical (unpaired) electrons. The van der Waals surface area contributed by atoms with Crippen molar-refractivity contribution in [2.75, 3.05) is 16.3 Å². The van der Waals surface area contributed by atoms with Crippen molar-refractivity contribution in [2.45, 2.75) is 58.7 Å². The van der Waals surface area contributed by atoms with Crippen molar-refractivity contribution >= 4 is 40.9 Å². The van der Waals surface area contributed by atoms with Crippen molar-refractivity contribution in [1.29, 1.82) is 0 Å². The molecule has 0 aliphatic heterocycles. The molecule has 0 saturated heterocycles. The molecule has 1 aromatic carbocycles. The van der Waals surface area contributed by atoms with Gasteiger partial charge in [0.1, 0.15) is 5.82 Å². The summed E-state index contributed by atoms with van der Waals surface area (Å²) in [6, 6.07) is 3.83. The number of benzene rings is 1. The maximum absolute atomic E-state index is 14.0. The number of alkyl halides is 3. The van der Waals surface area contributed by atoms with Gasteiger partial charge in [0.15, 0.2) is 0 Å². The summed E-state index contributed by atoms with van der Waals surface area (Å²) in [6.07, 6.45) is 4.18. The van der Waals surface area contributed by atoms with E-state index in [0.29, 0.717) is 11.6 Å². The number of rotatable bonds is 7. The van der Waals surface area contributed by atoms with Crippen LogP contribution in [0.4, 0.5) is 39.7 Å². The Kier molecular flexibility index (Phi) is 12.9. The lowest BCUT2D eigenvalue weighted by atomic mass is 10.1. The van der Waals surface area contributed by atoms with E-state index in [4.69, 9.17) is 5.11 Å². The van der Waals surface area contributed by atoms with E-state index in [1.165, 1.54) is 30.0 Å². The molecular formula is C23H31F4N5O2S. The van der Waals surface area contributed by atoms with Crippen LogP contribution in [0.1, 0.15) is 52.0 Å². The highest BCUT2D eigenvalue weighted by Crippen LogP contribution is 2.27. The molecule has 0 saturated carbocycles. The topological polar surface area (TPSA) is 99.2 Å². The first-order chi connectivity index (χ1) is 16.6. The monoisotopic (exact) mass is 517 g/mol. The fraction of sp³-hybridized carbons (Fsp3) is 0.435. The van der Waals surface area contributed by atoms with Gasteiger partial charge in [0.05, 0.1) is 12.1 Å². The van der Waals surface area contributed by atoms with Crippen LogP contribution >= 0.6 is 11.9 Å². The molecule has 1 unspecified atom stereocenters. The van der Waals surface area contributed by atoms with Crippen molar-refractivity contribution in [1.82, 2.24) is 15.3 Å². The summed E-state index contributed by atoms with van der Waals surface area (Å²) in [7, 11) is 0. The fourth-order valence-electron chi connectivity index (χ4n) is 3.02. The van der Waals surface area contributed by atoms with Gasteiger partial charge < -0.3 is 20.5 Å². The predicted octanol–water partition coefficient (Wildman–Crippen LogP) is 7.24. The van der Waals surface area contributed by atoms with E-state index >= 15 is 0 Å². The lowest BCUT2D eigenvalue weighted by Crippen LogP contribution is -2.34. The number of nitrogens with one attached hydrogen (secondary N) is 3.